The summed E-state index contributed by atoms with van der Waals surface area (Å²) < 4.78 is 0. The van der Waals surface area contributed by atoms with E-state index in [1.807, 2.05) is 18.2 Å². The summed E-state index contributed by atoms with van der Waals surface area (Å²) >= 11 is 0. The van der Waals surface area contributed by atoms with Crippen molar-refractivity contribution >= 4 is 5.91 Å². The minimum Gasteiger partial charge on any atom is -0.377 e. The van der Waals surface area contributed by atoms with Gasteiger partial charge in [-0.2, -0.15) is 0 Å². The van der Waals surface area contributed by atoms with Crippen molar-refractivity contribution in [1.29, 1.82) is 0 Å². The molecule has 2 aromatic rings. The molecule has 5 heteroatoms. The Morgan fingerprint density at radius 1 is 1.43 bits per heavy atom. The Morgan fingerprint density at radius 3 is 2.95 bits per heavy atom. The van der Waals surface area contributed by atoms with Crippen LogP contribution in [-0.2, 0) is 11.2 Å². The summed E-state index contributed by atoms with van der Waals surface area (Å²) in [4.78, 5) is 20.6. The maximum Gasteiger partial charge on any atom is 0.257 e. The summed E-state index contributed by atoms with van der Waals surface area (Å²) in [7, 11) is 0. The molecule has 3 rings (SSSR count). The Balaban J connectivity index is 1.58. The fraction of sp³-hybridized carbons (Fsp3) is 0.375. The first-order valence-corrected chi connectivity index (χ1v) is 7.23. The highest BCUT2D eigenvalue weighted by Crippen LogP contribution is 2.23. The van der Waals surface area contributed by atoms with E-state index < -0.39 is 6.10 Å². The average Bonchev–Trinajstić information content (AvgIpc) is 3.18. The molecular weight excluding hydrogens is 266 g/mol. The number of rotatable bonds is 4. The maximum atomic E-state index is 12.3. The smallest absolute Gasteiger partial charge is 0.257 e. The normalized spacial score (nSPS) is 19.7. The molecule has 2 atom stereocenters. The standard InChI is InChI=1S/C16H19N3O2/c20-15(14-9-17-11-18-14)16(21)19-7-6-13(10-19)8-12-4-2-1-3-5-12/h1-5,9,11,13,15,20H,6-8,10H2,(H,17,18). The van der Waals surface area contributed by atoms with E-state index in [2.05, 4.69) is 22.1 Å². The van der Waals surface area contributed by atoms with Gasteiger partial charge in [-0.25, -0.2) is 4.98 Å². The lowest BCUT2D eigenvalue weighted by molar-refractivity contribution is -0.139. The van der Waals surface area contributed by atoms with E-state index in [0.29, 0.717) is 24.7 Å². The number of aliphatic hydroxyl groups is 1. The number of carbonyl (C=O) groups is 1. The number of hydrogen-bond donors (Lipinski definition) is 2. The number of aromatic nitrogens is 2. The number of carbonyl (C=O) groups excluding carboxylic acids is 1. The summed E-state index contributed by atoms with van der Waals surface area (Å²) in [5.74, 6) is 0.222. The molecule has 1 aromatic heterocycles. The topological polar surface area (TPSA) is 69.2 Å². The Hall–Kier alpha value is -2.14. The van der Waals surface area contributed by atoms with Crippen LogP contribution in [0.5, 0.6) is 0 Å². The van der Waals surface area contributed by atoms with Crippen LogP contribution in [0.25, 0.3) is 0 Å². The van der Waals surface area contributed by atoms with Crippen molar-refractivity contribution in [3.05, 3.63) is 54.1 Å². The molecule has 5 nitrogen and oxygen atoms in total. The number of nitrogens with one attached hydrogen (secondary N) is 1. The lowest BCUT2D eigenvalue weighted by Gasteiger charge is -2.19. The zero-order chi connectivity index (χ0) is 14.7. The number of aliphatic hydroxyl groups excluding tert-OH is 1. The molecule has 1 amide bonds. The third-order valence-corrected chi connectivity index (χ3v) is 4.01. The lowest BCUT2D eigenvalue weighted by atomic mass is 9.99. The average molecular weight is 285 g/mol. The summed E-state index contributed by atoms with van der Waals surface area (Å²) in [5.41, 5.74) is 1.75. The second kappa shape index (κ2) is 6.10. The molecule has 2 heterocycles. The Bertz CT molecular complexity index is 583. The van der Waals surface area contributed by atoms with Crippen LogP contribution in [0.2, 0.25) is 0 Å². The SMILES string of the molecule is O=C(C(O)c1cnc[nH]1)N1CCC(Cc2ccccc2)C1. The Morgan fingerprint density at radius 2 is 2.24 bits per heavy atom. The largest absolute Gasteiger partial charge is 0.377 e. The van der Waals surface area contributed by atoms with E-state index in [1.165, 1.54) is 18.1 Å². The van der Waals surface area contributed by atoms with Crippen molar-refractivity contribution in [1.82, 2.24) is 14.9 Å². The number of nitrogens with zero attached hydrogens (tertiary/aromatic N) is 2. The molecular formula is C16H19N3O2. The van der Waals surface area contributed by atoms with Gasteiger partial charge in [-0.15, -0.1) is 0 Å². The Labute approximate surface area is 123 Å². The van der Waals surface area contributed by atoms with Gasteiger partial charge in [0, 0.05) is 13.1 Å². The lowest BCUT2D eigenvalue weighted by Crippen LogP contribution is -2.33. The molecule has 0 radical (unpaired) electrons. The summed E-state index contributed by atoms with van der Waals surface area (Å²) in [6.07, 6.45) is 3.78. The first-order chi connectivity index (χ1) is 10.2. The van der Waals surface area contributed by atoms with E-state index >= 15 is 0 Å². The highest BCUT2D eigenvalue weighted by atomic mass is 16.3. The minimum atomic E-state index is -1.14. The molecule has 2 unspecified atom stereocenters. The molecule has 0 bridgehead atoms. The molecule has 1 saturated heterocycles. The van der Waals surface area contributed by atoms with Gasteiger partial charge >= 0.3 is 0 Å². The molecule has 0 aliphatic carbocycles. The van der Waals surface area contributed by atoms with Crippen molar-refractivity contribution in [3.8, 4) is 0 Å². The number of imidazole rings is 1. The van der Waals surface area contributed by atoms with Crippen molar-refractivity contribution in [2.75, 3.05) is 13.1 Å². The van der Waals surface area contributed by atoms with E-state index in [9.17, 15) is 9.90 Å². The van der Waals surface area contributed by atoms with Gasteiger partial charge < -0.3 is 15.0 Å². The van der Waals surface area contributed by atoms with Gasteiger partial charge in [-0.3, -0.25) is 4.79 Å². The summed E-state index contributed by atoms with van der Waals surface area (Å²) in [6, 6.07) is 10.3. The van der Waals surface area contributed by atoms with E-state index in [1.54, 1.807) is 4.90 Å². The van der Waals surface area contributed by atoms with Gasteiger partial charge in [0.15, 0.2) is 6.10 Å². The highest BCUT2D eigenvalue weighted by molar-refractivity contribution is 5.81. The number of aromatic amines is 1. The van der Waals surface area contributed by atoms with Crippen LogP contribution in [0.4, 0.5) is 0 Å². The van der Waals surface area contributed by atoms with Crippen LogP contribution in [0.1, 0.15) is 23.8 Å². The minimum absolute atomic E-state index is 0.241. The predicted octanol–water partition coefficient (Wildman–Crippen LogP) is 1.53. The predicted molar refractivity (Wildman–Crippen MR) is 78.4 cm³/mol. The summed E-state index contributed by atoms with van der Waals surface area (Å²) in [6.45, 7) is 1.42. The van der Waals surface area contributed by atoms with Crippen LogP contribution >= 0.6 is 0 Å². The third-order valence-electron chi connectivity index (χ3n) is 4.01. The highest BCUT2D eigenvalue weighted by Gasteiger charge is 2.31. The van der Waals surface area contributed by atoms with Crippen molar-refractivity contribution in [2.45, 2.75) is 18.9 Å². The zero-order valence-electron chi connectivity index (χ0n) is 11.8. The van der Waals surface area contributed by atoms with Crippen LogP contribution in [0.15, 0.2) is 42.9 Å². The van der Waals surface area contributed by atoms with Crippen LogP contribution < -0.4 is 0 Å². The maximum absolute atomic E-state index is 12.3. The fourth-order valence-electron chi connectivity index (χ4n) is 2.87. The number of benzene rings is 1. The van der Waals surface area contributed by atoms with Crippen LogP contribution in [-0.4, -0.2) is 39.0 Å². The van der Waals surface area contributed by atoms with E-state index in [0.717, 1.165) is 12.8 Å². The van der Waals surface area contributed by atoms with Crippen molar-refractivity contribution in [3.63, 3.8) is 0 Å². The molecule has 1 aliphatic rings. The van der Waals surface area contributed by atoms with Gasteiger partial charge in [0.25, 0.3) is 5.91 Å². The quantitative estimate of drug-likeness (QED) is 0.895. The van der Waals surface area contributed by atoms with Gasteiger partial charge in [0.1, 0.15) is 0 Å². The first-order valence-electron chi connectivity index (χ1n) is 7.23. The number of H-pyrrole nitrogens is 1. The molecule has 0 spiro atoms. The van der Waals surface area contributed by atoms with Gasteiger partial charge in [0.05, 0.1) is 18.2 Å². The molecule has 110 valence electrons. The van der Waals surface area contributed by atoms with Gasteiger partial charge in [-0.05, 0) is 24.3 Å². The van der Waals surface area contributed by atoms with Gasteiger partial charge in [-0.1, -0.05) is 30.3 Å². The first kappa shape index (κ1) is 13.8. The molecule has 1 fully saturated rings. The monoisotopic (exact) mass is 285 g/mol. The molecule has 1 aliphatic heterocycles. The van der Waals surface area contributed by atoms with E-state index in [4.69, 9.17) is 0 Å². The van der Waals surface area contributed by atoms with E-state index in [-0.39, 0.29) is 5.91 Å². The number of likely N-dealkylation sites (tertiary alicyclic amines) is 1. The van der Waals surface area contributed by atoms with Gasteiger partial charge in [0.2, 0.25) is 0 Å². The second-order valence-electron chi connectivity index (χ2n) is 5.54. The van der Waals surface area contributed by atoms with Crippen LogP contribution in [0.3, 0.4) is 0 Å². The molecule has 0 saturated carbocycles. The fourth-order valence-corrected chi connectivity index (χ4v) is 2.87. The molecule has 21 heavy (non-hydrogen) atoms. The third kappa shape index (κ3) is 3.13. The zero-order valence-corrected chi connectivity index (χ0v) is 11.8. The van der Waals surface area contributed by atoms with Crippen LogP contribution in [0, 0.1) is 5.92 Å². The number of hydrogen-bond acceptors (Lipinski definition) is 3. The summed E-state index contributed by atoms with van der Waals surface area (Å²) in [5, 5.41) is 10.1. The van der Waals surface area contributed by atoms with Crippen molar-refractivity contribution < 1.29 is 9.90 Å². The molecule has 2 N–H and O–H groups in total. The number of amides is 1. The second-order valence-corrected chi connectivity index (χ2v) is 5.54. The molecule has 1 aromatic carbocycles. The Kier molecular flexibility index (Phi) is 4.01. The van der Waals surface area contributed by atoms with Crippen molar-refractivity contribution in [2.24, 2.45) is 5.92 Å².